The van der Waals surface area contributed by atoms with Crippen molar-refractivity contribution in [3.05, 3.63) is 101 Å². The third kappa shape index (κ3) is 3.19. The number of para-hydroxylation sites is 2. The summed E-state index contributed by atoms with van der Waals surface area (Å²) >= 11 is 1.36. The fraction of sp³-hybridized carbons (Fsp3) is 0.0455. The molecule has 3 heterocycles. The van der Waals surface area contributed by atoms with Crippen LogP contribution in [0.15, 0.2) is 89.1 Å². The maximum absolute atomic E-state index is 14.5. The molecule has 5 rings (SSSR count). The van der Waals surface area contributed by atoms with Gasteiger partial charge in [0.1, 0.15) is 11.5 Å². The van der Waals surface area contributed by atoms with Crippen molar-refractivity contribution in [2.24, 2.45) is 0 Å². The number of thioether (sulfide) groups is 1. The quantitative estimate of drug-likeness (QED) is 0.329. The highest BCUT2D eigenvalue weighted by atomic mass is 32.2. The van der Waals surface area contributed by atoms with E-state index < -0.39 is 5.82 Å². The molecule has 0 spiro atoms. The minimum atomic E-state index is -0.471. The predicted molar refractivity (Wildman–Crippen MR) is 112 cm³/mol. The van der Waals surface area contributed by atoms with Crippen LogP contribution >= 0.6 is 11.8 Å². The molecule has 7 heteroatoms. The lowest BCUT2D eigenvalue weighted by Gasteiger charge is -2.13. The lowest BCUT2D eigenvalue weighted by Crippen LogP contribution is -2.22. The average molecular weight is 402 g/mol. The first-order chi connectivity index (χ1) is 14.2. The van der Waals surface area contributed by atoms with E-state index in [-0.39, 0.29) is 11.2 Å². The first-order valence-electron chi connectivity index (χ1n) is 9.03. The molecule has 0 aliphatic rings. The Kier molecular flexibility index (Phi) is 4.37. The van der Waals surface area contributed by atoms with Gasteiger partial charge in [0.2, 0.25) is 0 Å². The van der Waals surface area contributed by atoms with E-state index in [9.17, 15) is 9.18 Å². The third-order valence-corrected chi connectivity index (χ3v) is 5.57. The lowest BCUT2D eigenvalue weighted by atomic mass is 10.2. The van der Waals surface area contributed by atoms with Gasteiger partial charge in [-0.1, -0.05) is 42.1 Å². The Morgan fingerprint density at radius 1 is 0.931 bits per heavy atom. The van der Waals surface area contributed by atoms with Gasteiger partial charge in [-0.15, -0.1) is 0 Å². The van der Waals surface area contributed by atoms with Crippen LogP contribution in [0.2, 0.25) is 0 Å². The van der Waals surface area contributed by atoms with Crippen LogP contribution in [0, 0.1) is 5.82 Å². The summed E-state index contributed by atoms with van der Waals surface area (Å²) < 4.78 is 17.8. The third-order valence-electron chi connectivity index (χ3n) is 4.60. The van der Waals surface area contributed by atoms with Crippen molar-refractivity contribution in [1.82, 2.24) is 18.9 Å². The van der Waals surface area contributed by atoms with Crippen LogP contribution in [-0.2, 0) is 5.75 Å². The van der Waals surface area contributed by atoms with E-state index in [0.29, 0.717) is 21.8 Å². The summed E-state index contributed by atoms with van der Waals surface area (Å²) in [5.74, 6) is 0.0299. The fourth-order valence-electron chi connectivity index (χ4n) is 3.25. The molecule has 0 aliphatic carbocycles. The summed E-state index contributed by atoms with van der Waals surface area (Å²) in [4.78, 5) is 22.4. The van der Waals surface area contributed by atoms with Crippen LogP contribution in [0.5, 0.6) is 0 Å². The fourth-order valence-corrected chi connectivity index (χ4v) is 4.14. The Morgan fingerprint density at radius 3 is 2.59 bits per heavy atom. The second kappa shape index (κ2) is 7.18. The number of halogens is 1. The van der Waals surface area contributed by atoms with E-state index in [4.69, 9.17) is 0 Å². The predicted octanol–water partition coefficient (Wildman–Crippen LogP) is 4.46. The molecule has 0 saturated carbocycles. The van der Waals surface area contributed by atoms with Gasteiger partial charge in [-0.2, -0.15) is 0 Å². The topological polar surface area (TPSA) is 52.2 Å². The van der Waals surface area contributed by atoms with Crippen molar-refractivity contribution in [2.75, 3.05) is 0 Å². The Hall–Kier alpha value is -3.45. The van der Waals surface area contributed by atoms with E-state index >= 15 is 0 Å². The number of aromatic nitrogens is 4. The van der Waals surface area contributed by atoms with Gasteiger partial charge in [-0.25, -0.2) is 14.4 Å². The van der Waals surface area contributed by atoms with E-state index in [1.165, 1.54) is 22.4 Å². The average Bonchev–Trinajstić information content (AvgIpc) is 3.16. The molecule has 0 N–H and O–H groups in total. The van der Waals surface area contributed by atoms with Crippen molar-refractivity contribution in [2.45, 2.75) is 10.9 Å². The summed E-state index contributed by atoms with van der Waals surface area (Å²) in [6.07, 6.45) is 3.87. The Morgan fingerprint density at radius 2 is 1.72 bits per heavy atom. The zero-order valence-corrected chi connectivity index (χ0v) is 16.0. The highest BCUT2D eigenvalue weighted by Gasteiger charge is 2.16. The molecule has 142 valence electrons. The van der Waals surface area contributed by atoms with Crippen LogP contribution in [-0.4, -0.2) is 18.9 Å². The van der Waals surface area contributed by atoms with Gasteiger partial charge in [0.25, 0.3) is 5.56 Å². The lowest BCUT2D eigenvalue weighted by molar-refractivity contribution is 0.608. The molecule has 0 atom stereocenters. The largest absolute Gasteiger partial charge is 0.307 e. The van der Waals surface area contributed by atoms with Crippen LogP contribution in [0.25, 0.3) is 22.2 Å². The van der Waals surface area contributed by atoms with Crippen LogP contribution in [0.3, 0.4) is 0 Å². The molecule has 0 amide bonds. The van der Waals surface area contributed by atoms with Crippen molar-refractivity contribution >= 4 is 28.3 Å². The minimum absolute atomic E-state index is 0.188. The molecule has 0 unspecified atom stereocenters. The molecule has 0 saturated heterocycles. The van der Waals surface area contributed by atoms with Gasteiger partial charge < -0.3 is 4.40 Å². The normalized spacial score (nSPS) is 11.3. The Bertz CT molecular complexity index is 1380. The van der Waals surface area contributed by atoms with Crippen molar-refractivity contribution in [3.63, 3.8) is 0 Å². The number of nitrogens with zero attached hydrogens (tertiary/aromatic N) is 4. The number of hydrogen-bond donors (Lipinski definition) is 0. The number of fused-ring (bicyclic) bond motifs is 2. The smallest absolute Gasteiger partial charge is 0.266 e. The first-order valence-corrected chi connectivity index (χ1v) is 10.0. The van der Waals surface area contributed by atoms with Gasteiger partial charge in [0, 0.05) is 18.1 Å². The van der Waals surface area contributed by atoms with E-state index in [1.54, 1.807) is 36.4 Å². The van der Waals surface area contributed by atoms with Crippen LogP contribution in [0.1, 0.15) is 5.69 Å². The highest BCUT2D eigenvalue weighted by Crippen LogP contribution is 2.25. The van der Waals surface area contributed by atoms with Gasteiger partial charge in [-0.3, -0.25) is 9.36 Å². The standard InChI is InChI=1S/C22H15FN4OS/c23-17-8-2-4-10-19(17)27-21(28)16-7-1-3-9-18(16)25-22(27)29-14-15-13-26-12-6-5-11-20(26)24-15/h1-13H,14H2. The molecule has 0 bridgehead atoms. The van der Waals surface area contributed by atoms with Crippen LogP contribution < -0.4 is 5.56 Å². The van der Waals surface area contributed by atoms with Crippen molar-refractivity contribution in [3.8, 4) is 5.69 Å². The summed E-state index contributed by atoms with van der Waals surface area (Å²) in [6.45, 7) is 0. The van der Waals surface area contributed by atoms with Gasteiger partial charge >= 0.3 is 0 Å². The zero-order valence-electron chi connectivity index (χ0n) is 15.2. The second-order valence-electron chi connectivity index (χ2n) is 6.49. The highest BCUT2D eigenvalue weighted by molar-refractivity contribution is 7.98. The molecule has 0 fully saturated rings. The number of rotatable bonds is 4. The molecule has 0 radical (unpaired) electrons. The maximum atomic E-state index is 14.5. The van der Waals surface area contributed by atoms with Crippen LogP contribution in [0.4, 0.5) is 4.39 Å². The summed E-state index contributed by atoms with van der Waals surface area (Å²) in [6, 6.07) is 19.1. The van der Waals surface area contributed by atoms with Gasteiger partial charge in [-0.05, 0) is 36.4 Å². The van der Waals surface area contributed by atoms with E-state index in [2.05, 4.69) is 9.97 Å². The Balaban J connectivity index is 1.62. The van der Waals surface area contributed by atoms with E-state index in [0.717, 1.165) is 11.3 Å². The maximum Gasteiger partial charge on any atom is 0.266 e. The number of pyridine rings is 1. The summed E-state index contributed by atoms with van der Waals surface area (Å²) in [5.41, 5.74) is 2.18. The first kappa shape index (κ1) is 17.6. The minimum Gasteiger partial charge on any atom is -0.307 e. The summed E-state index contributed by atoms with van der Waals surface area (Å²) in [7, 11) is 0. The molecule has 5 aromatic rings. The second-order valence-corrected chi connectivity index (χ2v) is 7.43. The molecular formula is C22H15FN4OS. The monoisotopic (exact) mass is 402 g/mol. The molecule has 29 heavy (non-hydrogen) atoms. The summed E-state index contributed by atoms with van der Waals surface area (Å²) in [5, 5.41) is 0.878. The van der Waals surface area contributed by atoms with Crippen molar-refractivity contribution < 1.29 is 4.39 Å². The Labute approximate surface area is 169 Å². The zero-order chi connectivity index (χ0) is 19.8. The molecule has 5 nitrogen and oxygen atoms in total. The number of imidazole rings is 1. The number of benzene rings is 2. The van der Waals surface area contributed by atoms with Gasteiger partial charge in [0.15, 0.2) is 5.16 Å². The molecule has 0 aliphatic heterocycles. The SMILES string of the molecule is O=c1c2ccccc2nc(SCc2cn3ccccc3n2)n1-c1ccccc1F. The van der Waals surface area contributed by atoms with Gasteiger partial charge in [0.05, 0.1) is 22.3 Å². The number of hydrogen-bond acceptors (Lipinski definition) is 4. The molecule has 2 aromatic carbocycles. The molecular weight excluding hydrogens is 387 g/mol. The van der Waals surface area contributed by atoms with E-state index in [1.807, 2.05) is 41.1 Å². The molecule has 3 aromatic heterocycles. The van der Waals surface area contributed by atoms with Crippen molar-refractivity contribution in [1.29, 1.82) is 0 Å².